The highest BCUT2D eigenvalue weighted by Gasteiger charge is 2.25. The van der Waals surface area contributed by atoms with E-state index in [0.717, 1.165) is 122 Å². The number of rotatable bonds is 53. The zero-order chi connectivity index (χ0) is 60.5. The lowest BCUT2D eigenvalue weighted by Gasteiger charge is -2.25. The number of carbonyl (C=O) groups is 3. The van der Waals surface area contributed by atoms with E-state index in [-0.39, 0.29) is 32.7 Å². The van der Waals surface area contributed by atoms with Crippen molar-refractivity contribution in [3.63, 3.8) is 0 Å². The SMILES string of the molecule is CC/C=C\C/C=C\C/C=C\C/C=C\C/C=C\C/C=C\C/C=C\C/C=C\C/C=C\CCCC(=O)OCC(COC(OCC[N+](C)(C)C)C(=O)O)OC(=O)CCC/C=C\C/C=C\C/C=C\C/C=C\C/C=C\C/C=C\C/C=C\C/C=C\C/C=C\CC. The van der Waals surface area contributed by atoms with Gasteiger partial charge in [0.1, 0.15) is 13.2 Å². The summed E-state index contributed by atoms with van der Waals surface area (Å²) >= 11 is 0. The number of carboxylic acid groups (broad SMARTS) is 1. The van der Waals surface area contributed by atoms with Gasteiger partial charge in [-0.05, 0) is 141 Å². The Balaban J connectivity index is 4.50. The molecule has 0 aromatic heterocycles. The predicted molar refractivity (Wildman–Crippen MR) is 354 cm³/mol. The van der Waals surface area contributed by atoms with Crippen molar-refractivity contribution in [2.45, 2.75) is 180 Å². The summed E-state index contributed by atoms with van der Waals surface area (Å²) in [6.07, 6.45) is 96.1. The fourth-order valence-corrected chi connectivity index (χ4v) is 7.07. The molecular weight excluding hydrogens is 1030 g/mol. The van der Waals surface area contributed by atoms with Gasteiger partial charge < -0.3 is 28.5 Å². The molecule has 0 aliphatic heterocycles. The number of nitrogens with zero attached hydrogens (tertiary/aromatic N) is 1. The Hall–Kier alpha value is -6.39. The van der Waals surface area contributed by atoms with Crippen LogP contribution in [0.5, 0.6) is 0 Å². The van der Waals surface area contributed by atoms with Crippen molar-refractivity contribution < 1.29 is 42.9 Å². The molecule has 0 spiro atoms. The summed E-state index contributed by atoms with van der Waals surface area (Å²) < 4.78 is 22.7. The van der Waals surface area contributed by atoms with E-state index in [1.54, 1.807) is 0 Å². The lowest BCUT2D eigenvalue weighted by molar-refractivity contribution is -0.870. The van der Waals surface area contributed by atoms with Crippen LogP contribution in [-0.2, 0) is 33.3 Å². The van der Waals surface area contributed by atoms with Crippen LogP contribution in [0.2, 0.25) is 0 Å². The number of hydrogen-bond acceptors (Lipinski definition) is 7. The molecule has 0 bridgehead atoms. The zero-order valence-electron chi connectivity index (χ0n) is 52.0. The van der Waals surface area contributed by atoms with E-state index in [1.165, 1.54) is 0 Å². The average molecular weight is 1140 g/mol. The molecule has 0 radical (unpaired) electrons. The second kappa shape index (κ2) is 61.7. The molecule has 2 unspecified atom stereocenters. The molecule has 0 amide bonds. The minimum absolute atomic E-state index is 0.151. The number of carboxylic acids is 1. The van der Waals surface area contributed by atoms with Crippen LogP contribution < -0.4 is 0 Å². The highest BCUT2D eigenvalue weighted by Crippen LogP contribution is 2.09. The highest BCUT2D eigenvalue weighted by atomic mass is 16.7. The topological polar surface area (TPSA) is 108 Å². The molecule has 9 nitrogen and oxygen atoms in total. The van der Waals surface area contributed by atoms with Crippen LogP contribution in [0.3, 0.4) is 0 Å². The van der Waals surface area contributed by atoms with Crippen molar-refractivity contribution in [2.75, 3.05) is 47.5 Å². The lowest BCUT2D eigenvalue weighted by Crippen LogP contribution is -2.40. The number of unbranched alkanes of at least 4 members (excludes halogenated alkanes) is 2. The maximum absolute atomic E-state index is 12.9. The van der Waals surface area contributed by atoms with Gasteiger partial charge in [0, 0.05) is 12.8 Å². The van der Waals surface area contributed by atoms with Crippen molar-refractivity contribution >= 4 is 17.9 Å². The third kappa shape index (κ3) is 63.0. The molecule has 9 heteroatoms. The summed E-state index contributed by atoms with van der Waals surface area (Å²) in [6, 6.07) is 0. The monoisotopic (exact) mass is 1140 g/mol. The Kier molecular flexibility index (Phi) is 56.9. The number of aliphatic carboxylic acids is 1. The molecule has 458 valence electrons. The van der Waals surface area contributed by atoms with E-state index >= 15 is 0 Å². The van der Waals surface area contributed by atoms with Crippen LogP contribution in [0, 0.1) is 0 Å². The number of allylic oxidation sites excluding steroid dienone is 36. The van der Waals surface area contributed by atoms with E-state index in [4.69, 9.17) is 18.9 Å². The van der Waals surface area contributed by atoms with E-state index in [9.17, 15) is 19.5 Å². The average Bonchev–Trinajstić information content (AvgIpc) is 3.47. The molecule has 0 saturated heterocycles. The molecule has 0 fully saturated rings. The van der Waals surface area contributed by atoms with Crippen LogP contribution in [0.1, 0.15) is 168 Å². The van der Waals surface area contributed by atoms with Gasteiger partial charge in [0.15, 0.2) is 6.10 Å². The van der Waals surface area contributed by atoms with E-state index in [0.29, 0.717) is 30.3 Å². The first-order valence-electron chi connectivity index (χ1n) is 30.9. The van der Waals surface area contributed by atoms with Gasteiger partial charge in [-0.25, -0.2) is 4.79 Å². The molecule has 0 aliphatic rings. The molecular formula is C74H110NO8+. The van der Waals surface area contributed by atoms with Crippen molar-refractivity contribution in [3.05, 3.63) is 219 Å². The summed E-state index contributed by atoms with van der Waals surface area (Å²) in [4.78, 5) is 37.5. The molecule has 1 N–H and O–H groups in total. The van der Waals surface area contributed by atoms with Gasteiger partial charge in [0.2, 0.25) is 0 Å². The molecule has 0 aliphatic carbocycles. The predicted octanol–water partition coefficient (Wildman–Crippen LogP) is 19.0. The Bertz CT molecular complexity index is 2160. The summed E-state index contributed by atoms with van der Waals surface area (Å²) in [5.41, 5.74) is 0. The number of quaternary nitrogens is 1. The van der Waals surface area contributed by atoms with Gasteiger partial charge >= 0.3 is 17.9 Å². The first-order chi connectivity index (χ1) is 40.6. The Morgan fingerprint density at radius 2 is 0.627 bits per heavy atom. The number of esters is 2. The molecule has 2 atom stereocenters. The molecule has 0 saturated carbocycles. The Morgan fingerprint density at radius 3 is 0.892 bits per heavy atom. The molecule has 83 heavy (non-hydrogen) atoms. The fraction of sp³-hybridized carbons (Fsp3) is 0.473. The summed E-state index contributed by atoms with van der Waals surface area (Å²) in [7, 11) is 5.91. The van der Waals surface area contributed by atoms with Gasteiger partial charge in [-0.15, -0.1) is 0 Å². The third-order valence-corrected chi connectivity index (χ3v) is 11.7. The molecule has 0 heterocycles. The second-order valence-electron chi connectivity index (χ2n) is 20.5. The minimum Gasteiger partial charge on any atom is -0.477 e. The Morgan fingerprint density at radius 1 is 0.361 bits per heavy atom. The van der Waals surface area contributed by atoms with E-state index < -0.39 is 30.3 Å². The van der Waals surface area contributed by atoms with Gasteiger partial charge in [0.05, 0.1) is 34.4 Å². The van der Waals surface area contributed by atoms with Crippen LogP contribution >= 0.6 is 0 Å². The van der Waals surface area contributed by atoms with Crippen molar-refractivity contribution in [2.24, 2.45) is 0 Å². The second-order valence-corrected chi connectivity index (χ2v) is 20.5. The molecule has 0 aromatic rings. The van der Waals surface area contributed by atoms with Gasteiger partial charge in [-0.3, -0.25) is 9.59 Å². The highest BCUT2D eigenvalue weighted by molar-refractivity contribution is 5.71. The fourth-order valence-electron chi connectivity index (χ4n) is 7.07. The summed E-state index contributed by atoms with van der Waals surface area (Å²) in [5, 5.41) is 9.71. The standard InChI is InChI=1S/C74H109NO8/c1-6-8-10-12-14-16-18-20-22-24-26-28-30-32-34-36-38-40-42-44-46-48-50-52-54-56-58-60-62-64-71(76)81-68-70(69-82-74(73(78)79)80-67-66-75(3,4)5)83-72(77)65-63-61-59-57-55-53-51-49-47-45-43-41-39-37-35-33-31-29-27-25-23-21-19-17-15-13-11-9-7-2/h8-11,14-17,20-23,26-29,32-35,38-41,44-47,50-53,56-59,70,74H,6-7,12-13,18-19,24-25,30-31,36-37,42-43,48-49,54-55,60-69H2,1-5H3/p+1/b10-8-,11-9-,16-14-,17-15-,22-20-,23-21-,28-26-,29-27-,34-32-,35-33-,40-38-,41-39-,46-44-,47-45-,52-50-,53-51-,58-56-,59-57-. The van der Waals surface area contributed by atoms with Crippen LogP contribution in [0.4, 0.5) is 0 Å². The lowest BCUT2D eigenvalue weighted by atomic mass is 10.2. The maximum atomic E-state index is 12.9. The van der Waals surface area contributed by atoms with Crippen molar-refractivity contribution in [1.29, 1.82) is 0 Å². The van der Waals surface area contributed by atoms with Gasteiger partial charge in [-0.2, -0.15) is 0 Å². The first kappa shape index (κ1) is 76.6. The minimum atomic E-state index is -1.56. The number of ether oxygens (including phenoxy) is 4. The zero-order valence-corrected chi connectivity index (χ0v) is 52.0. The summed E-state index contributed by atoms with van der Waals surface area (Å²) in [6.45, 7) is 4.46. The molecule has 0 aromatic carbocycles. The summed E-state index contributed by atoms with van der Waals surface area (Å²) in [5.74, 6) is -2.20. The normalized spacial score (nSPS) is 14.3. The molecule has 0 rings (SSSR count). The Labute approximate surface area is 505 Å². The van der Waals surface area contributed by atoms with Crippen LogP contribution in [-0.4, -0.2) is 87.4 Å². The smallest absolute Gasteiger partial charge is 0.361 e. The largest absolute Gasteiger partial charge is 0.477 e. The van der Waals surface area contributed by atoms with E-state index in [1.807, 2.05) is 27.2 Å². The van der Waals surface area contributed by atoms with Crippen molar-refractivity contribution in [1.82, 2.24) is 0 Å². The van der Waals surface area contributed by atoms with Gasteiger partial charge in [-0.1, -0.05) is 233 Å². The number of likely N-dealkylation sites (N-methyl/N-ethyl adjacent to an activating group) is 1. The number of hydrogen-bond donors (Lipinski definition) is 1. The van der Waals surface area contributed by atoms with Crippen molar-refractivity contribution in [3.8, 4) is 0 Å². The van der Waals surface area contributed by atoms with E-state index in [2.05, 4.69) is 227 Å². The quantitative estimate of drug-likeness (QED) is 0.0211. The van der Waals surface area contributed by atoms with Crippen LogP contribution in [0.15, 0.2) is 219 Å². The third-order valence-electron chi connectivity index (χ3n) is 11.7. The van der Waals surface area contributed by atoms with Gasteiger partial charge in [0.25, 0.3) is 6.29 Å². The van der Waals surface area contributed by atoms with Crippen LogP contribution in [0.25, 0.3) is 0 Å². The maximum Gasteiger partial charge on any atom is 0.361 e. The number of carbonyl (C=O) groups excluding carboxylic acids is 2. The first-order valence-corrected chi connectivity index (χ1v) is 30.9.